The van der Waals surface area contributed by atoms with E-state index in [2.05, 4.69) is 4.72 Å². The minimum atomic E-state index is -4.06. The molecule has 8 heteroatoms. The van der Waals surface area contributed by atoms with Gasteiger partial charge in [-0.25, -0.2) is 13.2 Å². The Hall–Kier alpha value is -2.35. The fourth-order valence-electron chi connectivity index (χ4n) is 2.53. The molecule has 0 aliphatic heterocycles. The Labute approximate surface area is 166 Å². The molecule has 0 fully saturated rings. The number of anilines is 1. The van der Waals surface area contributed by atoms with Gasteiger partial charge in [0, 0.05) is 16.0 Å². The number of ether oxygens (including phenoxy) is 1. The predicted molar refractivity (Wildman–Crippen MR) is 108 cm³/mol. The molecule has 1 heterocycles. The zero-order valence-electron chi connectivity index (χ0n) is 14.5. The summed E-state index contributed by atoms with van der Waals surface area (Å²) in [6, 6.07) is 13.9. The van der Waals surface area contributed by atoms with Gasteiger partial charge in [0.15, 0.2) is 0 Å². The van der Waals surface area contributed by atoms with Crippen molar-refractivity contribution in [2.24, 2.45) is 0 Å². The largest absolute Gasteiger partial charge is 0.465 e. The van der Waals surface area contributed by atoms with E-state index in [4.69, 9.17) is 16.3 Å². The van der Waals surface area contributed by atoms with Gasteiger partial charge >= 0.3 is 5.97 Å². The average molecular weight is 422 g/mol. The lowest BCUT2D eigenvalue weighted by Crippen LogP contribution is -2.16. The molecular formula is C19H16ClNO4S2. The first-order chi connectivity index (χ1) is 12.8. The van der Waals surface area contributed by atoms with Gasteiger partial charge in [0.25, 0.3) is 10.0 Å². The molecule has 0 bridgehead atoms. The van der Waals surface area contributed by atoms with Crippen molar-refractivity contribution in [3.63, 3.8) is 0 Å². The van der Waals surface area contributed by atoms with Crippen LogP contribution in [0.15, 0.2) is 58.8 Å². The van der Waals surface area contributed by atoms with Gasteiger partial charge < -0.3 is 4.74 Å². The Morgan fingerprint density at radius 3 is 2.48 bits per heavy atom. The average Bonchev–Trinajstić information content (AvgIpc) is 3.11. The lowest BCUT2D eigenvalue weighted by molar-refractivity contribution is 0.0602. The van der Waals surface area contributed by atoms with Crippen LogP contribution in [-0.4, -0.2) is 21.5 Å². The van der Waals surface area contributed by atoms with Crippen molar-refractivity contribution in [3.05, 3.63) is 69.4 Å². The second-order valence-electron chi connectivity index (χ2n) is 5.73. The number of thiophene rings is 1. The van der Waals surface area contributed by atoms with Crippen LogP contribution in [0.2, 0.25) is 5.02 Å². The highest BCUT2D eigenvalue weighted by Gasteiger charge is 2.30. The number of sulfonamides is 1. The summed E-state index contributed by atoms with van der Waals surface area (Å²) in [4.78, 5) is 12.1. The van der Waals surface area contributed by atoms with Crippen LogP contribution in [0.5, 0.6) is 0 Å². The van der Waals surface area contributed by atoms with E-state index in [9.17, 15) is 13.2 Å². The van der Waals surface area contributed by atoms with E-state index >= 15 is 0 Å². The summed E-state index contributed by atoms with van der Waals surface area (Å²) in [5, 5.41) is 2.08. The van der Waals surface area contributed by atoms with Crippen molar-refractivity contribution in [1.29, 1.82) is 0 Å². The second kappa shape index (κ2) is 7.72. The molecule has 27 heavy (non-hydrogen) atoms. The van der Waals surface area contributed by atoms with E-state index in [0.717, 1.165) is 16.9 Å². The van der Waals surface area contributed by atoms with Crippen molar-refractivity contribution in [1.82, 2.24) is 0 Å². The number of benzene rings is 2. The summed E-state index contributed by atoms with van der Waals surface area (Å²) in [7, 11) is -2.85. The van der Waals surface area contributed by atoms with E-state index in [-0.39, 0.29) is 9.77 Å². The Morgan fingerprint density at radius 2 is 1.85 bits per heavy atom. The van der Waals surface area contributed by atoms with E-state index < -0.39 is 16.0 Å². The van der Waals surface area contributed by atoms with Crippen molar-refractivity contribution in [2.45, 2.75) is 11.8 Å². The van der Waals surface area contributed by atoms with Crippen LogP contribution in [0, 0.1) is 6.92 Å². The monoisotopic (exact) mass is 421 g/mol. The van der Waals surface area contributed by atoms with Crippen molar-refractivity contribution >= 4 is 44.6 Å². The number of hydrogen-bond acceptors (Lipinski definition) is 5. The number of halogens is 1. The lowest BCUT2D eigenvalue weighted by atomic mass is 10.1. The van der Waals surface area contributed by atoms with Gasteiger partial charge in [-0.2, -0.15) is 0 Å². The fraction of sp³-hybridized carbons (Fsp3) is 0.105. The highest BCUT2D eigenvalue weighted by molar-refractivity contribution is 7.93. The van der Waals surface area contributed by atoms with E-state index in [1.54, 1.807) is 41.8 Å². The molecule has 0 saturated heterocycles. The summed E-state index contributed by atoms with van der Waals surface area (Å²) < 4.78 is 33.5. The molecule has 0 radical (unpaired) electrons. The molecule has 0 spiro atoms. The van der Waals surface area contributed by atoms with Gasteiger partial charge in [0.2, 0.25) is 0 Å². The zero-order valence-corrected chi connectivity index (χ0v) is 16.9. The van der Waals surface area contributed by atoms with Gasteiger partial charge in [0.1, 0.15) is 9.77 Å². The molecule has 3 aromatic rings. The molecule has 3 rings (SSSR count). The predicted octanol–water partition coefficient (Wildman–Crippen LogP) is 4.96. The van der Waals surface area contributed by atoms with Gasteiger partial charge in [0.05, 0.1) is 12.8 Å². The van der Waals surface area contributed by atoms with Crippen LogP contribution in [0.4, 0.5) is 5.69 Å². The zero-order chi connectivity index (χ0) is 19.6. The molecule has 2 aromatic carbocycles. The second-order valence-corrected chi connectivity index (χ2v) is 8.64. The molecule has 0 atom stereocenters. The first-order valence-electron chi connectivity index (χ1n) is 7.87. The third kappa shape index (κ3) is 4.00. The van der Waals surface area contributed by atoms with E-state index in [1.165, 1.54) is 13.2 Å². The summed E-state index contributed by atoms with van der Waals surface area (Å²) in [6.45, 7) is 1.82. The first kappa shape index (κ1) is 19.4. The topological polar surface area (TPSA) is 72.5 Å². The number of nitrogens with one attached hydrogen (secondary N) is 1. The Bertz CT molecular complexity index is 1090. The minimum absolute atomic E-state index is 0.0158. The molecule has 0 saturated carbocycles. The van der Waals surface area contributed by atoms with Gasteiger partial charge in [-0.1, -0.05) is 48.0 Å². The Kier molecular flexibility index (Phi) is 5.55. The van der Waals surface area contributed by atoms with Gasteiger partial charge in [-0.3, -0.25) is 4.72 Å². The van der Waals surface area contributed by atoms with Gasteiger partial charge in [-0.15, -0.1) is 11.3 Å². The fourth-order valence-corrected chi connectivity index (χ4v) is 5.47. The Balaban J connectivity index is 2.13. The highest BCUT2D eigenvalue weighted by Crippen LogP contribution is 2.37. The number of methoxy groups -OCH3 is 1. The SMILES string of the molecule is COC(=O)c1scc(-c2ccccc2)c1S(=O)(=O)Nc1ccc(C)c(Cl)c1. The van der Waals surface area contributed by atoms with Crippen LogP contribution in [0.25, 0.3) is 11.1 Å². The summed E-state index contributed by atoms with van der Waals surface area (Å²) in [5.74, 6) is -0.704. The van der Waals surface area contributed by atoms with Crippen LogP contribution >= 0.6 is 22.9 Å². The van der Waals surface area contributed by atoms with Crippen molar-refractivity contribution in [3.8, 4) is 11.1 Å². The van der Waals surface area contributed by atoms with Crippen molar-refractivity contribution in [2.75, 3.05) is 11.8 Å². The summed E-state index contributed by atoms with van der Waals surface area (Å²) >= 11 is 7.12. The van der Waals surface area contributed by atoms with Gasteiger partial charge in [-0.05, 0) is 30.2 Å². The molecule has 0 aliphatic rings. The third-order valence-electron chi connectivity index (χ3n) is 3.89. The smallest absolute Gasteiger partial charge is 0.349 e. The molecule has 0 unspecified atom stereocenters. The number of carbonyl (C=O) groups is 1. The lowest BCUT2D eigenvalue weighted by Gasteiger charge is -2.12. The van der Waals surface area contributed by atoms with Crippen LogP contribution in [-0.2, 0) is 14.8 Å². The van der Waals surface area contributed by atoms with E-state index in [1.807, 2.05) is 13.0 Å². The number of carbonyl (C=O) groups excluding carboxylic acids is 1. The maximum absolute atomic E-state index is 13.1. The number of rotatable bonds is 5. The maximum atomic E-state index is 13.1. The first-order valence-corrected chi connectivity index (χ1v) is 10.6. The van der Waals surface area contributed by atoms with Crippen LogP contribution < -0.4 is 4.72 Å². The molecule has 1 N–H and O–H groups in total. The minimum Gasteiger partial charge on any atom is -0.465 e. The molecule has 5 nitrogen and oxygen atoms in total. The number of esters is 1. The summed E-state index contributed by atoms with van der Waals surface area (Å²) in [6.07, 6.45) is 0. The summed E-state index contributed by atoms with van der Waals surface area (Å²) in [5.41, 5.74) is 2.26. The number of hydrogen-bond donors (Lipinski definition) is 1. The Morgan fingerprint density at radius 1 is 1.15 bits per heavy atom. The van der Waals surface area contributed by atoms with Crippen LogP contribution in [0.3, 0.4) is 0 Å². The molecule has 0 aliphatic carbocycles. The van der Waals surface area contributed by atoms with E-state index in [0.29, 0.717) is 21.8 Å². The molecule has 140 valence electrons. The molecule has 0 amide bonds. The highest BCUT2D eigenvalue weighted by atomic mass is 35.5. The number of aryl methyl sites for hydroxylation is 1. The maximum Gasteiger partial charge on any atom is 0.349 e. The quantitative estimate of drug-likeness (QED) is 0.590. The van der Waals surface area contributed by atoms with Crippen molar-refractivity contribution < 1.29 is 17.9 Å². The third-order valence-corrected chi connectivity index (χ3v) is 6.86. The van der Waals surface area contributed by atoms with Crippen LogP contribution in [0.1, 0.15) is 15.2 Å². The normalized spacial score (nSPS) is 11.2. The standard InChI is InChI=1S/C19H16ClNO4S2/c1-12-8-9-14(10-16(12)20)21-27(23,24)18-15(13-6-4-3-5-7-13)11-26-17(18)19(22)25-2/h3-11,21H,1-2H3. The molecule has 1 aromatic heterocycles. The molecular weight excluding hydrogens is 406 g/mol.